The maximum Gasteiger partial charge on any atom is 0.351 e. The SMILES string of the molecule is CC(=O)[C@H]1CCC2C3CCC4=C/C(=N\OC(=O)[C@@H](N)C(C)C)CC[C@]4(C)C3CC[C@@]21C. The van der Waals surface area contributed by atoms with Crippen molar-refractivity contribution < 1.29 is 14.4 Å². The lowest BCUT2D eigenvalue weighted by Crippen LogP contribution is -2.51. The second-order valence-electron chi connectivity index (χ2n) is 11.6. The lowest BCUT2D eigenvalue weighted by molar-refractivity contribution is -0.146. The van der Waals surface area contributed by atoms with Crippen LogP contribution in [-0.4, -0.2) is 23.5 Å². The average molecular weight is 429 g/mol. The fourth-order valence-corrected chi connectivity index (χ4v) is 7.75. The minimum Gasteiger partial charge on any atom is -0.318 e. The summed E-state index contributed by atoms with van der Waals surface area (Å²) in [5.41, 5.74) is 8.63. The molecule has 3 fully saturated rings. The Bertz CT molecular complexity index is 815. The molecule has 31 heavy (non-hydrogen) atoms. The summed E-state index contributed by atoms with van der Waals surface area (Å²) >= 11 is 0. The van der Waals surface area contributed by atoms with E-state index in [1.807, 2.05) is 13.8 Å². The predicted octanol–water partition coefficient (Wildman–Crippen LogP) is 5.04. The third kappa shape index (κ3) is 3.71. The van der Waals surface area contributed by atoms with Gasteiger partial charge in [-0.15, -0.1) is 0 Å². The zero-order chi connectivity index (χ0) is 22.6. The zero-order valence-corrected chi connectivity index (χ0v) is 19.9. The lowest BCUT2D eigenvalue weighted by Gasteiger charge is -2.58. The number of hydrogen-bond acceptors (Lipinski definition) is 5. The molecule has 172 valence electrons. The molecule has 0 heterocycles. The molecule has 4 aliphatic rings. The van der Waals surface area contributed by atoms with Crippen molar-refractivity contribution in [1.82, 2.24) is 0 Å². The van der Waals surface area contributed by atoms with Gasteiger partial charge in [0.1, 0.15) is 11.8 Å². The Morgan fingerprint density at radius 3 is 2.52 bits per heavy atom. The summed E-state index contributed by atoms with van der Waals surface area (Å²) in [5, 5.41) is 4.18. The number of carbonyl (C=O) groups is 2. The molecular formula is C26H40N2O3. The van der Waals surface area contributed by atoms with Crippen molar-refractivity contribution in [3.05, 3.63) is 11.6 Å². The van der Waals surface area contributed by atoms with Crippen molar-refractivity contribution in [3.8, 4) is 0 Å². The fraction of sp³-hybridized carbons (Fsp3) is 0.808. The topological polar surface area (TPSA) is 81.8 Å². The van der Waals surface area contributed by atoms with Gasteiger partial charge < -0.3 is 10.6 Å². The standard InChI is InChI=1S/C26H40N2O3/c1-15(2)23(27)24(30)31-28-18-10-12-25(4)17(14-18)6-7-19-21-9-8-20(16(3)29)26(21,5)13-11-22(19)25/h14-15,19-23H,6-13,27H2,1-5H3/b28-18-/t19?,20-,21?,22?,23+,25+,26-/m1/s1. The first kappa shape index (κ1) is 22.7. The molecule has 0 aromatic heterocycles. The van der Waals surface area contributed by atoms with E-state index < -0.39 is 12.0 Å². The number of hydrogen-bond donors (Lipinski definition) is 1. The van der Waals surface area contributed by atoms with Crippen LogP contribution in [0.15, 0.2) is 16.8 Å². The largest absolute Gasteiger partial charge is 0.351 e. The lowest BCUT2D eigenvalue weighted by atomic mass is 9.46. The minimum absolute atomic E-state index is 0.0335. The van der Waals surface area contributed by atoms with E-state index in [-0.39, 0.29) is 22.7 Å². The molecule has 0 radical (unpaired) electrons. The monoisotopic (exact) mass is 428 g/mol. The molecule has 4 rings (SSSR count). The predicted molar refractivity (Wildman–Crippen MR) is 122 cm³/mol. The van der Waals surface area contributed by atoms with Gasteiger partial charge >= 0.3 is 5.97 Å². The number of rotatable bonds is 4. The number of ketones is 1. The molecular weight excluding hydrogens is 388 g/mol. The van der Waals surface area contributed by atoms with Crippen molar-refractivity contribution in [2.45, 2.75) is 92.0 Å². The molecule has 5 nitrogen and oxygen atoms in total. The van der Waals surface area contributed by atoms with E-state index in [1.54, 1.807) is 6.92 Å². The average Bonchev–Trinajstić information content (AvgIpc) is 3.08. The van der Waals surface area contributed by atoms with Crippen LogP contribution in [0.3, 0.4) is 0 Å². The third-order valence-corrected chi connectivity index (χ3v) is 9.71. The Kier molecular flexibility index (Phi) is 5.95. The second-order valence-corrected chi connectivity index (χ2v) is 11.6. The van der Waals surface area contributed by atoms with Gasteiger partial charge in [0.25, 0.3) is 0 Å². The first-order valence-corrected chi connectivity index (χ1v) is 12.3. The Hall–Kier alpha value is -1.49. The van der Waals surface area contributed by atoms with Crippen molar-refractivity contribution in [2.75, 3.05) is 0 Å². The van der Waals surface area contributed by atoms with Gasteiger partial charge in [0.05, 0.1) is 5.71 Å². The maximum absolute atomic E-state index is 12.3. The number of nitrogens with two attached hydrogens (primary N) is 1. The fourth-order valence-electron chi connectivity index (χ4n) is 7.75. The Labute approximate surface area is 187 Å². The van der Waals surface area contributed by atoms with Crippen LogP contribution < -0.4 is 5.73 Å². The summed E-state index contributed by atoms with van der Waals surface area (Å²) in [6.07, 6.45) is 11.1. The summed E-state index contributed by atoms with van der Waals surface area (Å²) < 4.78 is 0. The number of allylic oxidation sites excluding steroid dienone is 2. The van der Waals surface area contributed by atoms with E-state index in [2.05, 4.69) is 25.1 Å². The molecule has 0 aliphatic heterocycles. The molecule has 5 heteroatoms. The van der Waals surface area contributed by atoms with Crippen LogP contribution in [0, 0.1) is 40.4 Å². The summed E-state index contributed by atoms with van der Waals surface area (Å²) in [5.74, 6) is 2.35. The molecule has 7 atom stereocenters. The molecule has 4 aliphatic carbocycles. The number of carbonyl (C=O) groups excluding carboxylic acids is 2. The zero-order valence-electron chi connectivity index (χ0n) is 19.9. The van der Waals surface area contributed by atoms with E-state index >= 15 is 0 Å². The van der Waals surface area contributed by atoms with Crippen molar-refractivity contribution in [1.29, 1.82) is 0 Å². The van der Waals surface area contributed by atoms with Gasteiger partial charge in [-0.2, -0.15) is 0 Å². The van der Waals surface area contributed by atoms with E-state index in [4.69, 9.17) is 10.6 Å². The van der Waals surface area contributed by atoms with E-state index in [9.17, 15) is 9.59 Å². The molecule has 0 spiro atoms. The quantitative estimate of drug-likeness (QED) is 0.502. The van der Waals surface area contributed by atoms with Gasteiger partial charge in [0.2, 0.25) is 0 Å². The third-order valence-electron chi connectivity index (χ3n) is 9.71. The van der Waals surface area contributed by atoms with Crippen LogP contribution in [0.5, 0.6) is 0 Å². The van der Waals surface area contributed by atoms with E-state index in [1.165, 1.54) is 31.3 Å². The molecule has 0 aromatic rings. The van der Waals surface area contributed by atoms with Gasteiger partial charge in [-0.05, 0) is 98.9 Å². The molecule has 3 unspecified atom stereocenters. The maximum atomic E-state index is 12.3. The number of nitrogens with zero attached hydrogens (tertiary/aromatic N) is 1. The highest BCUT2D eigenvalue weighted by Gasteiger charge is 2.59. The minimum atomic E-state index is -0.636. The van der Waals surface area contributed by atoms with E-state index in [0.717, 1.165) is 37.3 Å². The van der Waals surface area contributed by atoms with Crippen molar-refractivity contribution >= 4 is 17.5 Å². The Morgan fingerprint density at radius 2 is 1.84 bits per heavy atom. The number of Topliss-reactive ketones (excluding diaryl/α,β-unsaturated/α-hetero) is 1. The summed E-state index contributed by atoms with van der Waals surface area (Å²) in [6, 6.07) is -0.636. The van der Waals surface area contributed by atoms with Crippen LogP contribution in [0.4, 0.5) is 0 Å². The van der Waals surface area contributed by atoms with Crippen molar-refractivity contribution in [2.24, 2.45) is 51.3 Å². The Balaban J connectivity index is 1.51. The van der Waals surface area contributed by atoms with Crippen molar-refractivity contribution in [3.63, 3.8) is 0 Å². The molecule has 0 bridgehead atoms. The normalized spacial score (nSPS) is 41.8. The first-order valence-electron chi connectivity index (χ1n) is 12.3. The Morgan fingerprint density at radius 1 is 1.10 bits per heavy atom. The number of oxime groups is 1. The smallest absolute Gasteiger partial charge is 0.318 e. The molecule has 2 N–H and O–H groups in total. The molecule has 0 saturated heterocycles. The summed E-state index contributed by atoms with van der Waals surface area (Å²) in [4.78, 5) is 29.6. The van der Waals surface area contributed by atoms with Crippen LogP contribution in [0.25, 0.3) is 0 Å². The van der Waals surface area contributed by atoms with Gasteiger partial charge in [0, 0.05) is 5.92 Å². The van der Waals surface area contributed by atoms with E-state index in [0.29, 0.717) is 17.6 Å². The molecule has 0 amide bonds. The molecule has 3 saturated carbocycles. The highest BCUT2D eigenvalue weighted by atomic mass is 16.7. The van der Waals surface area contributed by atoms with Gasteiger partial charge in [-0.3, -0.25) is 4.79 Å². The highest BCUT2D eigenvalue weighted by molar-refractivity contribution is 5.96. The van der Waals surface area contributed by atoms with Crippen LogP contribution in [-0.2, 0) is 14.4 Å². The first-order chi connectivity index (χ1) is 14.6. The van der Waals surface area contributed by atoms with Crippen LogP contribution in [0.2, 0.25) is 0 Å². The highest BCUT2D eigenvalue weighted by Crippen LogP contribution is 2.66. The summed E-state index contributed by atoms with van der Waals surface area (Å²) in [7, 11) is 0. The van der Waals surface area contributed by atoms with Crippen LogP contribution in [0.1, 0.15) is 86.0 Å². The summed E-state index contributed by atoms with van der Waals surface area (Å²) in [6.45, 7) is 10.5. The van der Waals surface area contributed by atoms with Crippen LogP contribution >= 0.6 is 0 Å². The molecule has 0 aromatic carbocycles. The van der Waals surface area contributed by atoms with Gasteiger partial charge in [-0.25, -0.2) is 4.79 Å². The second kappa shape index (κ2) is 8.13. The van der Waals surface area contributed by atoms with Gasteiger partial charge in [0.15, 0.2) is 0 Å². The number of fused-ring (bicyclic) bond motifs is 5. The van der Waals surface area contributed by atoms with Gasteiger partial charge in [-0.1, -0.05) is 38.4 Å².